The third kappa shape index (κ3) is 5.26. The Kier molecular flexibility index (Phi) is 7.10. The van der Waals surface area contributed by atoms with Crippen molar-refractivity contribution in [2.45, 2.75) is 18.1 Å². The van der Waals surface area contributed by atoms with Crippen LogP contribution in [0.25, 0.3) is 22.5 Å². The first-order valence-corrected chi connectivity index (χ1v) is 11.7. The maximum Gasteiger partial charge on any atom is 0.230 e. The molecule has 3 aromatic carbocycles. The van der Waals surface area contributed by atoms with Crippen LogP contribution in [0.2, 0.25) is 0 Å². The van der Waals surface area contributed by atoms with E-state index in [-0.39, 0.29) is 17.7 Å². The summed E-state index contributed by atoms with van der Waals surface area (Å²) < 4.78 is 7.30. The number of methoxy groups -OCH3 is 1. The molecule has 1 atom stereocenters. The van der Waals surface area contributed by atoms with Crippen molar-refractivity contribution in [3.05, 3.63) is 84.4 Å². The van der Waals surface area contributed by atoms with Crippen molar-refractivity contribution in [2.75, 3.05) is 12.9 Å². The third-order valence-corrected chi connectivity index (χ3v) is 6.43. The van der Waals surface area contributed by atoms with E-state index >= 15 is 0 Å². The van der Waals surface area contributed by atoms with Gasteiger partial charge >= 0.3 is 0 Å². The van der Waals surface area contributed by atoms with E-state index in [1.165, 1.54) is 17.3 Å². The van der Waals surface area contributed by atoms with Gasteiger partial charge in [-0.2, -0.15) is 0 Å². The van der Waals surface area contributed by atoms with Crippen molar-refractivity contribution in [1.82, 2.24) is 20.1 Å². The van der Waals surface area contributed by atoms with E-state index in [0.717, 1.165) is 22.4 Å². The van der Waals surface area contributed by atoms with Crippen molar-refractivity contribution >= 4 is 17.7 Å². The molecule has 0 saturated carbocycles. The summed E-state index contributed by atoms with van der Waals surface area (Å²) >= 11 is 1.36. The minimum Gasteiger partial charge on any atom is -0.496 e. The number of carbonyl (C=O) groups is 1. The van der Waals surface area contributed by atoms with Crippen LogP contribution in [0.4, 0.5) is 0 Å². The van der Waals surface area contributed by atoms with Gasteiger partial charge < -0.3 is 14.6 Å². The van der Waals surface area contributed by atoms with Crippen LogP contribution in [0.3, 0.4) is 0 Å². The van der Waals surface area contributed by atoms with Gasteiger partial charge in [-0.15, -0.1) is 10.2 Å². The van der Waals surface area contributed by atoms with Crippen LogP contribution in [0.15, 0.2) is 84.0 Å². The fourth-order valence-corrected chi connectivity index (χ4v) is 4.32. The zero-order valence-corrected chi connectivity index (χ0v) is 19.7. The molecular formula is C26H26N4O2S. The van der Waals surface area contributed by atoms with Gasteiger partial charge in [-0.05, 0) is 35.7 Å². The smallest absolute Gasteiger partial charge is 0.230 e. The Hall–Kier alpha value is -3.58. The second-order valence-corrected chi connectivity index (χ2v) is 8.57. The Bertz CT molecular complexity index is 1220. The summed E-state index contributed by atoms with van der Waals surface area (Å²) in [4.78, 5) is 12.6. The van der Waals surface area contributed by atoms with Gasteiger partial charge in [0.25, 0.3) is 0 Å². The Morgan fingerprint density at radius 1 is 0.970 bits per heavy atom. The molecule has 0 aliphatic rings. The largest absolute Gasteiger partial charge is 0.496 e. The zero-order valence-electron chi connectivity index (χ0n) is 18.9. The summed E-state index contributed by atoms with van der Waals surface area (Å²) in [5.41, 5.74) is 4.25. The average Bonchev–Trinajstić information content (AvgIpc) is 3.23. The maximum atomic E-state index is 12.6. The van der Waals surface area contributed by atoms with Gasteiger partial charge in [-0.3, -0.25) is 4.79 Å². The van der Waals surface area contributed by atoms with Crippen LogP contribution in [-0.4, -0.2) is 33.5 Å². The molecule has 0 radical (unpaired) electrons. The second-order valence-electron chi connectivity index (χ2n) is 7.63. The summed E-state index contributed by atoms with van der Waals surface area (Å²) in [6, 6.07) is 26.1. The zero-order chi connectivity index (χ0) is 23.2. The average molecular weight is 459 g/mol. The van der Waals surface area contributed by atoms with Crippen LogP contribution < -0.4 is 10.1 Å². The molecule has 168 valence electrons. The van der Waals surface area contributed by atoms with Crippen LogP contribution in [-0.2, 0) is 11.8 Å². The maximum absolute atomic E-state index is 12.6. The summed E-state index contributed by atoms with van der Waals surface area (Å²) in [5.74, 6) is 1.63. The first kappa shape index (κ1) is 22.6. The number of amides is 1. The fourth-order valence-electron chi connectivity index (χ4n) is 3.60. The van der Waals surface area contributed by atoms with E-state index in [4.69, 9.17) is 4.74 Å². The molecule has 4 rings (SSSR count). The van der Waals surface area contributed by atoms with Gasteiger partial charge in [0.2, 0.25) is 5.91 Å². The first-order chi connectivity index (χ1) is 16.1. The lowest BCUT2D eigenvalue weighted by Gasteiger charge is -2.15. The lowest BCUT2D eigenvalue weighted by atomic mass is 10.0. The summed E-state index contributed by atoms with van der Waals surface area (Å²) in [5, 5.41) is 12.3. The number of carbonyl (C=O) groups excluding carboxylic acids is 1. The first-order valence-electron chi connectivity index (χ1n) is 10.7. The van der Waals surface area contributed by atoms with Gasteiger partial charge in [0, 0.05) is 7.05 Å². The monoisotopic (exact) mass is 458 g/mol. The number of hydrogen-bond donors (Lipinski definition) is 1. The predicted octanol–water partition coefficient (Wildman–Crippen LogP) is 5.13. The molecule has 0 unspecified atom stereocenters. The summed E-state index contributed by atoms with van der Waals surface area (Å²) in [6.07, 6.45) is 0. The molecule has 1 amide bonds. The molecule has 7 heteroatoms. The number of nitrogens with one attached hydrogen (secondary N) is 1. The quantitative estimate of drug-likeness (QED) is 0.371. The van der Waals surface area contributed by atoms with E-state index in [1.54, 1.807) is 7.11 Å². The number of rotatable bonds is 8. The van der Waals surface area contributed by atoms with Crippen LogP contribution in [0.5, 0.6) is 5.75 Å². The molecule has 0 bridgehead atoms. The van der Waals surface area contributed by atoms with Gasteiger partial charge in [-0.1, -0.05) is 78.5 Å². The van der Waals surface area contributed by atoms with E-state index in [9.17, 15) is 4.79 Å². The highest BCUT2D eigenvalue weighted by molar-refractivity contribution is 7.99. The molecule has 0 spiro atoms. The standard InChI is InChI=1S/C26H26N4O2S/c1-18(19-13-15-21(16-14-19)20-9-5-4-6-10-20)27-24(31)17-33-26-29-28-25(30(26)2)22-11-7-8-12-23(22)32-3/h4-16,18H,17H2,1-3H3,(H,27,31)/t18-/m1/s1. The highest BCUT2D eigenvalue weighted by Crippen LogP contribution is 2.30. The van der Waals surface area contributed by atoms with Crippen molar-refractivity contribution in [1.29, 1.82) is 0 Å². The van der Waals surface area contributed by atoms with Crippen LogP contribution >= 0.6 is 11.8 Å². The minimum absolute atomic E-state index is 0.0542. The number of thioether (sulfide) groups is 1. The third-order valence-electron chi connectivity index (χ3n) is 5.41. The molecule has 33 heavy (non-hydrogen) atoms. The molecule has 1 aromatic heterocycles. The summed E-state index contributed by atoms with van der Waals surface area (Å²) in [7, 11) is 3.52. The van der Waals surface area contributed by atoms with Gasteiger partial charge in [0.15, 0.2) is 11.0 Å². The molecule has 4 aromatic rings. The van der Waals surface area contributed by atoms with Crippen molar-refractivity contribution in [3.63, 3.8) is 0 Å². The highest BCUT2D eigenvalue weighted by Gasteiger charge is 2.16. The van der Waals surface area contributed by atoms with E-state index in [1.807, 2.05) is 61.0 Å². The van der Waals surface area contributed by atoms with E-state index in [0.29, 0.717) is 11.0 Å². The molecule has 0 fully saturated rings. The number of benzene rings is 3. The highest BCUT2D eigenvalue weighted by atomic mass is 32.2. The van der Waals surface area contributed by atoms with Gasteiger partial charge in [0.1, 0.15) is 5.75 Å². The fraction of sp³-hybridized carbons (Fsp3) is 0.192. The van der Waals surface area contributed by atoms with E-state index in [2.05, 4.69) is 51.9 Å². The number of ether oxygens (including phenoxy) is 1. The number of nitrogens with zero attached hydrogens (tertiary/aromatic N) is 3. The number of aromatic nitrogens is 3. The number of para-hydroxylation sites is 1. The Labute approximate surface area is 198 Å². The molecule has 6 nitrogen and oxygen atoms in total. The molecule has 0 aliphatic carbocycles. The molecule has 1 heterocycles. The van der Waals surface area contributed by atoms with Crippen molar-refractivity contribution in [2.24, 2.45) is 7.05 Å². The van der Waals surface area contributed by atoms with Crippen molar-refractivity contribution < 1.29 is 9.53 Å². The van der Waals surface area contributed by atoms with Crippen LogP contribution in [0.1, 0.15) is 18.5 Å². The minimum atomic E-state index is -0.0911. The molecule has 0 aliphatic heterocycles. The Balaban J connectivity index is 1.35. The molecule has 1 N–H and O–H groups in total. The SMILES string of the molecule is COc1ccccc1-c1nnc(SCC(=O)N[C@H](C)c2ccc(-c3ccccc3)cc2)n1C. The summed E-state index contributed by atoms with van der Waals surface area (Å²) in [6.45, 7) is 1.99. The molecule has 0 saturated heterocycles. The van der Waals surface area contributed by atoms with Crippen molar-refractivity contribution in [3.8, 4) is 28.3 Å². The Morgan fingerprint density at radius 2 is 1.64 bits per heavy atom. The molecular weight excluding hydrogens is 432 g/mol. The number of hydrogen-bond acceptors (Lipinski definition) is 5. The lowest BCUT2D eigenvalue weighted by molar-refractivity contribution is -0.119. The van der Waals surface area contributed by atoms with Gasteiger partial charge in [0.05, 0.1) is 24.5 Å². The van der Waals surface area contributed by atoms with E-state index < -0.39 is 0 Å². The van der Waals surface area contributed by atoms with Crippen LogP contribution in [0, 0.1) is 0 Å². The second kappa shape index (κ2) is 10.4. The van der Waals surface area contributed by atoms with Gasteiger partial charge in [-0.25, -0.2) is 0 Å². The predicted molar refractivity (Wildman–Crippen MR) is 132 cm³/mol. The Morgan fingerprint density at radius 3 is 2.36 bits per heavy atom. The lowest BCUT2D eigenvalue weighted by Crippen LogP contribution is -2.28. The topological polar surface area (TPSA) is 69.0 Å². The normalized spacial score (nSPS) is 11.7.